The molecule has 0 spiro atoms. The lowest BCUT2D eigenvalue weighted by molar-refractivity contribution is 0.0191. The van der Waals surface area contributed by atoms with E-state index >= 15 is 0 Å². The summed E-state index contributed by atoms with van der Waals surface area (Å²) in [6.45, 7) is 3.76. The summed E-state index contributed by atoms with van der Waals surface area (Å²) in [6, 6.07) is 9.69. The van der Waals surface area contributed by atoms with Crippen molar-refractivity contribution >= 4 is 6.09 Å². The van der Waals surface area contributed by atoms with Crippen LogP contribution in [-0.2, 0) is 10.3 Å². The first-order valence-electron chi connectivity index (χ1n) is 4.89. The fraction of sp³-hybridized carbons (Fsp3) is 0.417. The van der Waals surface area contributed by atoms with Crippen LogP contribution < -0.4 is 0 Å². The van der Waals surface area contributed by atoms with Crippen LogP contribution in [0.15, 0.2) is 30.3 Å². The van der Waals surface area contributed by atoms with E-state index in [0.29, 0.717) is 0 Å². The Morgan fingerprint density at radius 3 is 2.20 bits per heavy atom. The predicted molar refractivity (Wildman–Crippen MR) is 59.6 cm³/mol. The second kappa shape index (κ2) is 4.34. The molecule has 0 bridgehead atoms. The van der Waals surface area contributed by atoms with Gasteiger partial charge >= 0.3 is 6.09 Å². The summed E-state index contributed by atoms with van der Waals surface area (Å²) in [4.78, 5) is 12.9. The van der Waals surface area contributed by atoms with Gasteiger partial charge in [-0.1, -0.05) is 30.3 Å². The van der Waals surface area contributed by atoms with Gasteiger partial charge in [0.2, 0.25) is 0 Å². The van der Waals surface area contributed by atoms with Crippen molar-refractivity contribution in [3.05, 3.63) is 35.9 Å². The molecule has 0 aliphatic carbocycles. The molecule has 0 saturated carbocycles. The van der Waals surface area contributed by atoms with Crippen LogP contribution in [-0.4, -0.2) is 25.1 Å². The number of amides is 1. The Hall–Kier alpha value is -1.51. The first-order chi connectivity index (χ1) is 6.93. The van der Waals surface area contributed by atoms with Gasteiger partial charge in [-0.25, -0.2) is 4.79 Å². The number of ether oxygens (including phenoxy) is 1. The third-order valence-electron chi connectivity index (χ3n) is 2.18. The summed E-state index contributed by atoms with van der Waals surface area (Å²) in [6.07, 6.45) is -0.330. The molecule has 0 aliphatic rings. The van der Waals surface area contributed by atoms with Gasteiger partial charge in [0.1, 0.15) is 5.60 Å². The van der Waals surface area contributed by atoms with Gasteiger partial charge in [-0.05, 0) is 19.4 Å². The van der Waals surface area contributed by atoms with Crippen molar-refractivity contribution in [1.82, 2.24) is 4.90 Å². The van der Waals surface area contributed by atoms with Crippen LogP contribution in [0.5, 0.6) is 0 Å². The maximum atomic E-state index is 11.4. The fourth-order valence-corrected chi connectivity index (χ4v) is 1.21. The SMILES string of the molecule is CN(C)C(=O)OC(C)(C)c1ccccc1. The molecule has 82 valence electrons. The molecule has 0 saturated heterocycles. The number of benzene rings is 1. The van der Waals surface area contributed by atoms with Crippen molar-refractivity contribution in [2.45, 2.75) is 19.4 Å². The number of rotatable bonds is 2. The highest BCUT2D eigenvalue weighted by Crippen LogP contribution is 2.24. The van der Waals surface area contributed by atoms with Crippen LogP contribution in [0.4, 0.5) is 4.79 Å². The Morgan fingerprint density at radius 1 is 1.20 bits per heavy atom. The molecular weight excluding hydrogens is 190 g/mol. The molecule has 15 heavy (non-hydrogen) atoms. The van der Waals surface area contributed by atoms with Crippen molar-refractivity contribution in [2.75, 3.05) is 14.1 Å². The van der Waals surface area contributed by atoms with Crippen LogP contribution in [0.1, 0.15) is 19.4 Å². The third kappa shape index (κ3) is 2.98. The number of carbonyl (C=O) groups is 1. The molecule has 1 aromatic rings. The van der Waals surface area contributed by atoms with E-state index < -0.39 is 5.60 Å². The topological polar surface area (TPSA) is 29.5 Å². The maximum absolute atomic E-state index is 11.4. The summed E-state index contributed by atoms with van der Waals surface area (Å²) in [7, 11) is 3.34. The molecule has 0 fully saturated rings. The van der Waals surface area contributed by atoms with Crippen molar-refractivity contribution in [1.29, 1.82) is 0 Å². The first kappa shape index (κ1) is 11.6. The monoisotopic (exact) mass is 207 g/mol. The van der Waals surface area contributed by atoms with Gasteiger partial charge in [0.25, 0.3) is 0 Å². The summed E-state index contributed by atoms with van der Waals surface area (Å²) in [5, 5.41) is 0. The molecule has 0 N–H and O–H groups in total. The molecule has 0 aliphatic heterocycles. The minimum Gasteiger partial charge on any atom is -0.439 e. The zero-order valence-electron chi connectivity index (χ0n) is 9.65. The van der Waals surface area contributed by atoms with Crippen molar-refractivity contribution in [3.63, 3.8) is 0 Å². The Labute approximate surface area is 90.7 Å². The Bertz CT molecular complexity index is 331. The minimum absolute atomic E-state index is 0.330. The van der Waals surface area contributed by atoms with Crippen LogP contribution in [0.2, 0.25) is 0 Å². The standard InChI is InChI=1S/C12H17NO2/c1-12(2,15-11(14)13(3)4)10-8-6-5-7-9-10/h5-9H,1-4H3. The fourth-order valence-electron chi connectivity index (χ4n) is 1.21. The predicted octanol–water partition coefficient (Wildman–Crippen LogP) is 2.62. The smallest absolute Gasteiger partial charge is 0.410 e. The number of hydrogen-bond donors (Lipinski definition) is 0. The highest BCUT2D eigenvalue weighted by atomic mass is 16.6. The largest absolute Gasteiger partial charge is 0.439 e. The molecular formula is C12H17NO2. The molecule has 0 heterocycles. The van der Waals surface area contributed by atoms with E-state index in [2.05, 4.69) is 0 Å². The first-order valence-corrected chi connectivity index (χ1v) is 4.89. The quantitative estimate of drug-likeness (QED) is 0.746. The average Bonchev–Trinajstić information content (AvgIpc) is 2.18. The van der Waals surface area contributed by atoms with E-state index in [1.807, 2.05) is 44.2 Å². The normalized spacial score (nSPS) is 10.9. The lowest BCUT2D eigenvalue weighted by Crippen LogP contribution is -2.32. The molecule has 0 aromatic heterocycles. The van der Waals surface area contributed by atoms with Crippen LogP contribution in [0.3, 0.4) is 0 Å². The van der Waals surface area contributed by atoms with Crippen molar-refractivity contribution < 1.29 is 9.53 Å². The number of hydrogen-bond acceptors (Lipinski definition) is 2. The van der Waals surface area contributed by atoms with E-state index in [-0.39, 0.29) is 6.09 Å². The van der Waals surface area contributed by atoms with E-state index in [0.717, 1.165) is 5.56 Å². The van der Waals surface area contributed by atoms with Crippen molar-refractivity contribution in [3.8, 4) is 0 Å². The minimum atomic E-state index is -0.595. The second-order valence-electron chi connectivity index (χ2n) is 4.14. The summed E-state index contributed by atoms with van der Waals surface area (Å²) in [5.74, 6) is 0. The van der Waals surface area contributed by atoms with Gasteiger partial charge in [0.05, 0.1) is 0 Å². The molecule has 0 atom stereocenters. The molecule has 3 heteroatoms. The van der Waals surface area contributed by atoms with Crippen LogP contribution >= 0.6 is 0 Å². The van der Waals surface area contributed by atoms with Gasteiger partial charge in [-0.3, -0.25) is 0 Å². The molecule has 1 amide bonds. The highest BCUT2D eigenvalue weighted by Gasteiger charge is 2.25. The molecule has 0 unspecified atom stereocenters. The van der Waals surface area contributed by atoms with Gasteiger partial charge in [0.15, 0.2) is 0 Å². The van der Waals surface area contributed by atoms with Gasteiger partial charge in [-0.15, -0.1) is 0 Å². The van der Waals surface area contributed by atoms with E-state index in [4.69, 9.17) is 4.74 Å². The summed E-state index contributed by atoms with van der Waals surface area (Å²) in [5.41, 5.74) is 0.392. The Balaban J connectivity index is 2.80. The Kier molecular flexibility index (Phi) is 3.35. The average molecular weight is 207 g/mol. The van der Waals surface area contributed by atoms with Gasteiger partial charge < -0.3 is 9.64 Å². The maximum Gasteiger partial charge on any atom is 0.410 e. The highest BCUT2D eigenvalue weighted by molar-refractivity contribution is 5.67. The van der Waals surface area contributed by atoms with E-state index in [9.17, 15) is 4.79 Å². The van der Waals surface area contributed by atoms with Crippen molar-refractivity contribution in [2.24, 2.45) is 0 Å². The van der Waals surface area contributed by atoms with Gasteiger partial charge in [-0.2, -0.15) is 0 Å². The lowest BCUT2D eigenvalue weighted by Gasteiger charge is -2.27. The van der Waals surface area contributed by atoms with Crippen LogP contribution in [0.25, 0.3) is 0 Å². The molecule has 0 radical (unpaired) electrons. The van der Waals surface area contributed by atoms with Crippen LogP contribution in [0, 0.1) is 0 Å². The molecule has 1 aromatic carbocycles. The van der Waals surface area contributed by atoms with E-state index in [1.165, 1.54) is 4.90 Å². The number of carbonyl (C=O) groups excluding carboxylic acids is 1. The number of nitrogens with zero attached hydrogens (tertiary/aromatic N) is 1. The summed E-state index contributed by atoms with van der Waals surface area (Å²) < 4.78 is 5.37. The zero-order chi connectivity index (χ0) is 11.5. The third-order valence-corrected chi connectivity index (χ3v) is 2.18. The lowest BCUT2D eigenvalue weighted by atomic mass is 9.98. The molecule has 1 rings (SSSR count). The van der Waals surface area contributed by atoms with Gasteiger partial charge in [0, 0.05) is 14.1 Å². The van der Waals surface area contributed by atoms with E-state index in [1.54, 1.807) is 14.1 Å². The summed E-state index contributed by atoms with van der Waals surface area (Å²) >= 11 is 0. The zero-order valence-corrected chi connectivity index (χ0v) is 9.65. The Morgan fingerprint density at radius 2 is 1.73 bits per heavy atom. The molecule has 3 nitrogen and oxygen atoms in total. The second-order valence-corrected chi connectivity index (χ2v) is 4.14.